The van der Waals surface area contributed by atoms with Crippen molar-refractivity contribution in [1.29, 1.82) is 0 Å². The largest absolute Gasteiger partial charge is 0.491 e. The molecule has 1 saturated carbocycles. The fraction of sp³-hybridized carbons (Fsp3) is 0.562. The van der Waals surface area contributed by atoms with Crippen LogP contribution in [0.5, 0.6) is 5.75 Å². The van der Waals surface area contributed by atoms with Gasteiger partial charge >= 0.3 is 5.97 Å². The first-order valence-electron chi connectivity index (χ1n) is 7.26. The van der Waals surface area contributed by atoms with Crippen LogP contribution in [-0.4, -0.2) is 29.3 Å². The monoisotopic (exact) mass is 277 g/mol. The molecule has 1 aromatic carbocycles. The number of carboxylic acid groups (broad SMARTS) is 1. The molecular formula is C16H23NO3. The normalized spacial score (nSPS) is 16.1. The molecule has 1 unspecified atom stereocenters. The minimum absolute atomic E-state index is 0.0110. The maximum absolute atomic E-state index is 10.9. The van der Waals surface area contributed by atoms with Gasteiger partial charge in [0.05, 0.1) is 12.5 Å². The van der Waals surface area contributed by atoms with E-state index in [4.69, 9.17) is 9.84 Å². The number of hydrogen-bond acceptors (Lipinski definition) is 3. The van der Waals surface area contributed by atoms with Crippen molar-refractivity contribution in [2.75, 3.05) is 0 Å². The molecule has 2 rings (SSSR count). The van der Waals surface area contributed by atoms with Gasteiger partial charge in [0.15, 0.2) is 0 Å². The van der Waals surface area contributed by atoms with Crippen molar-refractivity contribution in [3.05, 3.63) is 29.8 Å². The van der Waals surface area contributed by atoms with Crippen molar-refractivity contribution in [1.82, 2.24) is 5.32 Å². The van der Waals surface area contributed by atoms with Crippen molar-refractivity contribution in [2.45, 2.75) is 57.7 Å². The van der Waals surface area contributed by atoms with E-state index >= 15 is 0 Å². The van der Waals surface area contributed by atoms with Gasteiger partial charge in [0.2, 0.25) is 0 Å². The minimum atomic E-state index is -0.747. The first-order valence-corrected chi connectivity index (χ1v) is 7.26. The van der Waals surface area contributed by atoms with Crippen LogP contribution in [0.2, 0.25) is 0 Å². The molecule has 0 saturated heterocycles. The van der Waals surface area contributed by atoms with E-state index in [1.54, 1.807) is 0 Å². The van der Waals surface area contributed by atoms with Gasteiger partial charge in [-0.05, 0) is 50.8 Å². The molecule has 1 atom stereocenters. The second kappa shape index (κ2) is 6.75. The molecule has 4 nitrogen and oxygen atoms in total. The molecule has 1 fully saturated rings. The molecule has 1 aromatic rings. The van der Waals surface area contributed by atoms with E-state index in [0.717, 1.165) is 30.6 Å². The van der Waals surface area contributed by atoms with Crippen LogP contribution < -0.4 is 10.1 Å². The molecule has 4 heteroatoms. The van der Waals surface area contributed by atoms with Crippen LogP contribution in [0, 0.1) is 0 Å². The van der Waals surface area contributed by atoms with E-state index in [1.807, 2.05) is 38.1 Å². The Labute approximate surface area is 120 Å². The number of benzene rings is 1. The summed E-state index contributed by atoms with van der Waals surface area (Å²) < 4.78 is 5.60. The van der Waals surface area contributed by atoms with Crippen LogP contribution in [0.1, 0.15) is 38.7 Å². The number of rotatable bonds is 8. The van der Waals surface area contributed by atoms with E-state index in [0.29, 0.717) is 6.04 Å². The van der Waals surface area contributed by atoms with Gasteiger partial charge in [-0.25, -0.2) is 0 Å². The molecule has 0 bridgehead atoms. The number of hydrogen-bond donors (Lipinski definition) is 2. The van der Waals surface area contributed by atoms with Gasteiger partial charge in [-0.2, -0.15) is 0 Å². The molecule has 0 aromatic heterocycles. The third-order valence-corrected chi connectivity index (χ3v) is 3.25. The summed E-state index contributed by atoms with van der Waals surface area (Å²) in [5.74, 6) is 0.108. The van der Waals surface area contributed by atoms with Gasteiger partial charge in [-0.3, -0.25) is 4.79 Å². The van der Waals surface area contributed by atoms with E-state index in [1.165, 1.54) is 0 Å². The Bertz CT molecular complexity index is 438. The average molecular weight is 277 g/mol. The zero-order chi connectivity index (χ0) is 14.5. The Morgan fingerprint density at radius 1 is 1.35 bits per heavy atom. The van der Waals surface area contributed by atoms with Crippen LogP contribution >= 0.6 is 0 Å². The van der Waals surface area contributed by atoms with Crippen LogP contribution in [0.25, 0.3) is 0 Å². The lowest BCUT2D eigenvalue weighted by Crippen LogP contribution is -2.35. The Balaban J connectivity index is 1.92. The highest BCUT2D eigenvalue weighted by molar-refractivity contribution is 5.67. The molecule has 1 aliphatic carbocycles. The Kier molecular flexibility index (Phi) is 5.01. The number of aliphatic carboxylic acids is 1. The highest BCUT2D eigenvalue weighted by Crippen LogP contribution is 2.22. The third kappa shape index (κ3) is 5.21. The van der Waals surface area contributed by atoms with Gasteiger partial charge < -0.3 is 15.2 Å². The molecule has 2 N–H and O–H groups in total. The Hall–Kier alpha value is -1.55. The molecule has 20 heavy (non-hydrogen) atoms. The summed E-state index contributed by atoms with van der Waals surface area (Å²) in [4.78, 5) is 10.9. The van der Waals surface area contributed by atoms with Crippen molar-refractivity contribution in [2.24, 2.45) is 0 Å². The molecule has 0 aliphatic heterocycles. The topological polar surface area (TPSA) is 58.6 Å². The lowest BCUT2D eigenvalue weighted by molar-refractivity contribution is -0.137. The van der Waals surface area contributed by atoms with Crippen molar-refractivity contribution >= 4 is 5.97 Å². The first kappa shape index (κ1) is 14.9. The molecule has 1 aliphatic rings. The third-order valence-electron chi connectivity index (χ3n) is 3.25. The summed E-state index contributed by atoms with van der Waals surface area (Å²) in [6.45, 7) is 3.99. The molecular weight excluding hydrogens is 254 g/mol. The summed E-state index contributed by atoms with van der Waals surface area (Å²) in [5.41, 5.74) is 1.14. The smallest absolute Gasteiger partial charge is 0.304 e. The summed E-state index contributed by atoms with van der Waals surface area (Å²) in [6.07, 6.45) is 3.40. The number of carboxylic acids is 1. The number of nitrogens with one attached hydrogen (secondary N) is 1. The second-order valence-electron chi connectivity index (χ2n) is 5.75. The fourth-order valence-electron chi connectivity index (χ4n) is 2.24. The molecule has 0 spiro atoms. The van der Waals surface area contributed by atoms with Gasteiger partial charge in [-0.15, -0.1) is 0 Å². The van der Waals surface area contributed by atoms with Crippen LogP contribution in [0.15, 0.2) is 24.3 Å². The lowest BCUT2D eigenvalue weighted by atomic mass is 10.0. The lowest BCUT2D eigenvalue weighted by Gasteiger charge is -2.17. The highest BCUT2D eigenvalue weighted by atomic mass is 16.5. The molecule has 110 valence electrons. The molecule has 0 amide bonds. The summed E-state index contributed by atoms with van der Waals surface area (Å²) in [7, 11) is 0. The van der Waals surface area contributed by atoms with Crippen LogP contribution in [-0.2, 0) is 11.2 Å². The van der Waals surface area contributed by atoms with E-state index in [2.05, 4.69) is 5.32 Å². The van der Waals surface area contributed by atoms with E-state index < -0.39 is 5.97 Å². The Morgan fingerprint density at radius 3 is 2.50 bits per heavy atom. The zero-order valence-electron chi connectivity index (χ0n) is 12.1. The predicted octanol–water partition coefficient (Wildman–Crippen LogP) is 2.61. The molecule has 0 heterocycles. The van der Waals surface area contributed by atoms with Gasteiger partial charge in [-0.1, -0.05) is 12.1 Å². The zero-order valence-corrected chi connectivity index (χ0v) is 12.1. The van der Waals surface area contributed by atoms with E-state index in [9.17, 15) is 4.79 Å². The summed E-state index contributed by atoms with van der Waals surface area (Å²) >= 11 is 0. The maximum Gasteiger partial charge on any atom is 0.304 e. The highest BCUT2D eigenvalue weighted by Gasteiger charge is 2.25. The standard InChI is InChI=1S/C16H23NO3/c1-11(2)20-15-7-3-12(4-8-15)9-14(10-16(18)19)17-13-5-6-13/h3-4,7-8,11,13-14,17H,5-6,9-10H2,1-2H3,(H,18,19). The number of carbonyl (C=O) groups is 1. The van der Waals surface area contributed by atoms with E-state index in [-0.39, 0.29) is 18.6 Å². The average Bonchev–Trinajstić information content (AvgIpc) is 3.14. The predicted molar refractivity (Wildman–Crippen MR) is 78.1 cm³/mol. The minimum Gasteiger partial charge on any atom is -0.491 e. The van der Waals surface area contributed by atoms with Gasteiger partial charge in [0, 0.05) is 12.1 Å². The quantitative estimate of drug-likeness (QED) is 0.767. The van der Waals surface area contributed by atoms with Gasteiger partial charge in [0.25, 0.3) is 0 Å². The first-order chi connectivity index (χ1) is 9.52. The van der Waals surface area contributed by atoms with Crippen LogP contribution in [0.3, 0.4) is 0 Å². The number of ether oxygens (including phenoxy) is 1. The maximum atomic E-state index is 10.9. The summed E-state index contributed by atoms with van der Waals surface area (Å²) in [6, 6.07) is 8.45. The SMILES string of the molecule is CC(C)Oc1ccc(CC(CC(=O)O)NC2CC2)cc1. The molecule has 0 radical (unpaired) electrons. The van der Waals surface area contributed by atoms with Crippen LogP contribution in [0.4, 0.5) is 0 Å². The van der Waals surface area contributed by atoms with Gasteiger partial charge in [0.1, 0.15) is 5.75 Å². The van der Waals surface area contributed by atoms with Crippen molar-refractivity contribution < 1.29 is 14.6 Å². The Morgan fingerprint density at radius 2 is 2.00 bits per heavy atom. The van der Waals surface area contributed by atoms with Crippen molar-refractivity contribution in [3.8, 4) is 5.75 Å². The second-order valence-corrected chi connectivity index (χ2v) is 5.75. The van der Waals surface area contributed by atoms with Crippen molar-refractivity contribution in [3.63, 3.8) is 0 Å². The fourth-order valence-corrected chi connectivity index (χ4v) is 2.24. The summed E-state index contributed by atoms with van der Waals surface area (Å²) in [5, 5.41) is 12.4.